The summed E-state index contributed by atoms with van der Waals surface area (Å²) < 4.78 is 17.6. The van der Waals surface area contributed by atoms with Gasteiger partial charge < -0.3 is 10.1 Å². The van der Waals surface area contributed by atoms with E-state index in [1.165, 1.54) is 23.5 Å². The normalized spacial score (nSPS) is 10.2. The molecule has 110 valence electrons. The molecule has 0 saturated heterocycles. The van der Waals surface area contributed by atoms with Crippen LogP contribution in [0.4, 0.5) is 4.39 Å². The molecule has 1 aromatic heterocycles. The zero-order chi connectivity index (χ0) is 15.2. The number of carbonyl (C=O) groups is 2. The zero-order valence-corrected chi connectivity index (χ0v) is 12.2. The molecule has 6 heteroatoms. The Bertz CT molecular complexity index is 637. The van der Waals surface area contributed by atoms with E-state index in [0.717, 1.165) is 10.4 Å². The molecule has 0 atom stereocenters. The predicted molar refractivity (Wildman–Crippen MR) is 77.6 cm³/mol. The van der Waals surface area contributed by atoms with Gasteiger partial charge in [-0.25, -0.2) is 9.18 Å². The molecule has 1 N–H and O–H groups in total. The molecule has 0 radical (unpaired) electrons. The van der Waals surface area contributed by atoms with Gasteiger partial charge in [0.25, 0.3) is 5.91 Å². The number of ether oxygens (including phenoxy) is 1. The predicted octanol–water partition coefficient (Wildman–Crippen LogP) is 2.67. The Morgan fingerprint density at radius 1 is 1.19 bits per heavy atom. The Balaban J connectivity index is 1.74. The van der Waals surface area contributed by atoms with Crippen molar-refractivity contribution in [2.24, 2.45) is 0 Å². The molecule has 0 fully saturated rings. The van der Waals surface area contributed by atoms with Crippen LogP contribution in [0.3, 0.4) is 0 Å². The number of aryl methyl sites for hydroxylation is 1. The van der Waals surface area contributed by atoms with E-state index < -0.39 is 11.9 Å². The van der Waals surface area contributed by atoms with E-state index >= 15 is 0 Å². The standard InChI is InChI=1S/C15H14FNO3S/c1-10-2-7-13(21-10)15(19)20-9-14(18)17-8-11-3-5-12(16)6-4-11/h2-7H,8-9H2,1H3,(H,17,18). The summed E-state index contributed by atoms with van der Waals surface area (Å²) in [6.45, 7) is 1.81. The van der Waals surface area contributed by atoms with Gasteiger partial charge in [0.15, 0.2) is 6.61 Å². The van der Waals surface area contributed by atoms with Crippen LogP contribution in [0.15, 0.2) is 36.4 Å². The molecule has 0 aliphatic heterocycles. The van der Waals surface area contributed by atoms with Crippen molar-refractivity contribution in [3.05, 3.63) is 57.5 Å². The molecule has 21 heavy (non-hydrogen) atoms. The third-order valence-corrected chi connectivity index (χ3v) is 3.66. The van der Waals surface area contributed by atoms with Gasteiger partial charge in [0.1, 0.15) is 10.7 Å². The highest BCUT2D eigenvalue weighted by Gasteiger charge is 2.11. The highest BCUT2D eigenvalue weighted by atomic mass is 32.1. The summed E-state index contributed by atoms with van der Waals surface area (Å²) in [7, 11) is 0. The van der Waals surface area contributed by atoms with Crippen molar-refractivity contribution in [1.29, 1.82) is 0 Å². The van der Waals surface area contributed by atoms with E-state index in [1.807, 2.05) is 13.0 Å². The molecule has 2 aromatic rings. The molecule has 1 heterocycles. The number of carbonyl (C=O) groups excluding carboxylic acids is 2. The minimum atomic E-state index is -0.509. The lowest BCUT2D eigenvalue weighted by Crippen LogP contribution is -2.28. The monoisotopic (exact) mass is 307 g/mol. The lowest BCUT2D eigenvalue weighted by Gasteiger charge is -2.06. The number of esters is 1. The van der Waals surface area contributed by atoms with Gasteiger partial charge in [-0.2, -0.15) is 0 Å². The molecule has 0 aliphatic carbocycles. The average molecular weight is 307 g/mol. The summed E-state index contributed by atoms with van der Waals surface area (Å²) in [6, 6.07) is 9.28. The molecule has 0 spiro atoms. The first-order valence-corrected chi connectivity index (χ1v) is 7.11. The lowest BCUT2D eigenvalue weighted by atomic mass is 10.2. The van der Waals surface area contributed by atoms with E-state index in [9.17, 15) is 14.0 Å². The van der Waals surface area contributed by atoms with Gasteiger partial charge in [-0.1, -0.05) is 12.1 Å². The summed E-state index contributed by atoms with van der Waals surface area (Å²) in [5.41, 5.74) is 0.768. The molecule has 1 aromatic carbocycles. The van der Waals surface area contributed by atoms with Gasteiger partial charge in [0, 0.05) is 11.4 Å². The fraction of sp³-hybridized carbons (Fsp3) is 0.200. The van der Waals surface area contributed by atoms with E-state index in [1.54, 1.807) is 18.2 Å². The second kappa shape index (κ2) is 6.99. The van der Waals surface area contributed by atoms with Crippen LogP contribution in [0.25, 0.3) is 0 Å². The Kier molecular flexibility index (Phi) is 5.05. The summed E-state index contributed by atoms with van der Waals surface area (Å²) in [5.74, 6) is -1.24. The van der Waals surface area contributed by atoms with E-state index in [4.69, 9.17) is 4.74 Å². The van der Waals surface area contributed by atoms with E-state index in [-0.39, 0.29) is 19.0 Å². The van der Waals surface area contributed by atoms with Crippen molar-refractivity contribution in [2.75, 3.05) is 6.61 Å². The minimum absolute atomic E-state index is 0.259. The van der Waals surface area contributed by atoms with Gasteiger partial charge in [0.2, 0.25) is 0 Å². The summed E-state index contributed by atoms with van der Waals surface area (Å²) in [6.07, 6.45) is 0. The maximum absolute atomic E-state index is 12.7. The molecular weight excluding hydrogens is 293 g/mol. The maximum Gasteiger partial charge on any atom is 0.348 e. The van der Waals surface area contributed by atoms with Crippen LogP contribution in [0.5, 0.6) is 0 Å². The Morgan fingerprint density at radius 2 is 1.90 bits per heavy atom. The fourth-order valence-corrected chi connectivity index (χ4v) is 2.36. The molecular formula is C15H14FNO3S. The summed E-state index contributed by atoms with van der Waals surface area (Å²) in [4.78, 5) is 24.7. The van der Waals surface area contributed by atoms with Crippen molar-refractivity contribution in [1.82, 2.24) is 5.32 Å². The second-order valence-corrected chi connectivity index (χ2v) is 5.68. The smallest absolute Gasteiger partial charge is 0.348 e. The molecule has 4 nitrogen and oxygen atoms in total. The molecule has 0 saturated carbocycles. The van der Waals surface area contributed by atoms with Crippen molar-refractivity contribution in [3.8, 4) is 0 Å². The quantitative estimate of drug-likeness (QED) is 0.864. The number of hydrogen-bond donors (Lipinski definition) is 1. The van der Waals surface area contributed by atoms with Crippen LogP contribution in [0.2, 0.25) is 0 Å². The van der Waals surface area contributed by atoms with Gasteiger partial charge in [-0.05, 0) is 36.8 Å². The van der Waals surface area contributed by atoms with Crippen LogP contribution in [0.1, 0.15) is 20.1 Å². The van der Waals surface area contributed by atoms with Crippen molar-refractivity contribution in [2.45, 2.75) is 13.5 Å². The van der Waals surface area contributed by atoms with Crippen LogP contribution in [0, 0.1) is 12.7 Å². The van der Waals surface area contributed by atoms with Crippen molar-refractivity contribution < 1.29 is 18.7 Å². The molecule has 0 unspecified atom stereocenters. The van der Waals surface area contributed by atoms with Gasteiger partial charge in [-0.15, -0.1) is 11.3 Å². The average Bonchev–Trinajstić information content (AvgIpc) is 2.91. The Morgan fingerprint density at radius 3 is 2.52 bits per heavy atom. The zero-order valence-electron chi connectivity index (χ0n) is 11.4. The largest absolute Gasteiger partial charge is 0.451 e. The SMILES string of the molecule is Cc1ccc(C(=O)OCC(=O)NCc2ccc(F)cc2)s1. The topological polar surface area (TPSA) is 55.4 Å². The van der Waals surface area contributed by atoms with Crippen molar-refractivity contribution >= 4 is 23.2 Å². The number of rotatable bonds is 5. The summed E-state index contributed by atoms with van der Waals surface area (Å²) in [5, 5.41) is 2.60. The third-order valence-electron chi connectivity index (χ3n) is 2.68. The molecule has 0 bridgehead atoms. The van der Waals surface area contributed by atoms with Crippen LogP contribution in [-0.4, -0.2) is 18.5 Å². The van der Waals surface area contributed by atoms with Crippen LogP contribution >= 0.6 is 11.3 Å². The lowest BCUT2D eigenvalue weighted by molar-refractivity contribution is -0.124. The molecule has 1 amide bonds. The number of hydrogen-bond acceptors (Lipinski definition) is 4. The first-order valence-electron chi connectivity index (χ1n) is 6.29. The van der Waals surface area contributed by atoms with Crippen LogP contribution < -0.4 is 5.32 Å². The van der Waals surface area contributed by atoms with E-state index in [2.05, 4.69) is 5.32 Å². The van der Waals surface area contributed by atoms with Crippen molar-refractivity contribution in [3.63, 3.8) is 0 Å². The first kappa shape index (κ1) is 15.2. The fourth-order valence-electron chi connectivity index (χ4n) is 1.60. The first-order chi connectivity index (χ1) is 10.0. The second-order valence-electron chi connectivity index (χ2n) is 4.39. The molecule has 2 rings (SSSR count). The third kappa shape index (κ3) is 4.68. The highest BCUT2D eigenvalue weighted by molar-refractivity contribution is 7.13. The number of nitrogens with one attached hydrogen (secondary N) is 1. The maximum atomic E-state index is 12.7. The number of halogens is 1. The van der Waals surface area contributed by atoms with E-state index in [0.29, 0.717) is 4.88 Å². The van der Waals surface area contributed by atoms with Crippen LogP contribution in [-0.2, 0) is 16.1 Å². The van der Waals surface area contributed by atoms with Gasteiger partial charge >= 0.3 is 5.97 Å². The Hall–Kier alpha value is -2.21. The summed E-state index contributed by atoms with van der Waals surface area (Å²) >= 11 is 1.32. The minimum Gasteiger partial charge on any atom is -0.451 e. The number of benzene rings is 1. The van der Waals surface area contributed by atoms with Gasteiger partial charge in [0.05, 0.1) is 0 Å². The highest BCUT2D eigenvalue weighted by Crippen LogP contribution is 2.15. The molecule has 0 aliphatic rings. The Labute approximate surface area is 125 Å². The van der Waals surface area contributed by atoms with Gasteiger partial charge in [-0.3, -0.25) is 4.79 Å². The number of amides is 1. The number of thiophene rings is 1.